The van der Waals surface area contributed by atoms with Crippen molar-refractivity contribution in [3.63, 3.8) is 0 Å². The molecule has 0 aliphatic carbocycles. The fourth-order valence-corrected chi connectivity index (χ4v) is 3.24. The number of aliphatic hydroxyl groups excluding tert-OH is 1. The lowest BCUT2D eigenvalue weighted by atomic mass is 10.1. The van der Waals surface area contributed by atoms with Gasteiger partial charge in [-0.05, 0) is 23.6 Å². The molecule has 0 saturated heterocycles. The van der Waals surface area contributed by atoms with Crippen LogP contribution in [0.25, 0.3) is 5.57 Å². The second-order valence-corrected chi connectivity index (χ2v) is 7.12. The molecule has 1 aliphatic heterocycles. The molecule has 2 amide bonds. The lowest BCUT2D eigenvalue weighted by molar-refractivity contribution is -0.135. The minimum atomic E-state index is -0.335. The van der Waals surface area contributed by atoms with Crippen LogP contribution in [0.5, 0.6) is 5.75 Å². The van der Waals surface area contributed by atoms with E-state index in [2.05, 4.69) is 20.4 Å². The molecule has 1 heterocycles. The van der Waals surface area contributed by atoms with Gasteiger partial charge in [0.2, 0.25) is 0 Å². The van der Waals surface area contributed by atoms with Gasteiger partial charge in [-0.15, -0.1) is 18.3 Å². The zero-order chi connectivity index (χ0) is 18.4. The zero-order valence-corrected chi connectivity index (χ0v) is 15.3. The van der Waals surface area contributed by atoms with Crippen LogP contribution in [-0.4, -0.2) is 47.3 Å². The largest absolute Gasteiger partial charge is 0.493 e. The topological polar surface area (TPSA) is 66.8 Å². The molecule has 5 nitrogen and oxygen atoms in total. The van der Waals surface area contributed by atoms with Crippen LogP contribution in [0.15, 0.2) is 41.8 Å². The molecule has 1 N–H and O–H groups in total. The van der Waals surface area contributed by atoms with Crippen molar-refractivity contribution in [3.05, 3.63) is 47.4 Å². The summed E-state index contributed by atoms with van der Waals surface area (Å²) in [5.74, 6) is 0.836. The Balaban J connectivity index is 2.31. The Morgan fingerprint density at radius 1 is 1.24 bits per heavy atom. The third kappa shape index (κ3) is 4.52. The Bertz CT molecular complexity index is 679. The van der Waals surface area contributed by atoms with Crippen LogP contribution in [0.2, 0.25) is 0 Å². The fraction of sp³-hybridized carbons (Fsp3) is 0.368. The zero-order valence-electron chi connectivity index (χ0n) is 14.5. The highest BCUT2D eigenvalue weighted by Gasteiger charge is 2.38. The number of benzene rings is 1. The summed E-state index contributed by atoms with van der Waals surface area (Å²) in [7, 11) is 0. The van der Waals surface area contributed by atoms with Crippen molar-refractivity contribution in [2.75, 3.05) is 25.5 Å². The maximum Gasteiger partial charge on any atom is 0.268 e. The van der Waals surface area contributed by atoms with Gasteiger partial charge in [0.05, 0.1) is 23.7 Å². The summed E-state index contributed by atoms with van der Waals surface area (Å²) in [5.41, 5.74) is 1.04. The average Bonchev–Trinajstić information content (AvgIpc) is 2.83. The number of ether oxygens (including phenoxy) is 1. The highest BCUT2D eigenvalue weighted by atomic mass is 32.2. The number of carbonyl (C=O) groups is 2. The van der Waals surface area contributed by atoms with Gasteiger partial charge in [-0.1, -0.05) is 32.1 Å². The molecular weight excluding hydrogens is 338 g/mol. The maximum absolute atomic E-state index is 12.7. The number of rotatable bonds is 9. The third-order valence-electron chi connectivity index (χ3n) is 3.50. The van der Waals surface area contributed by atoms with Gasteiger partial charge in [0.15, 0.2) is 0 Å². The molecule has 0 saturated carbocycles. The number of thioether (sulfide) groups is 1. The first-order valence-corrected chi connectivity index (χ1v) is 9.16. The molecule has 1 aliphatic rings. The number of amides is 2. The summed E-state index contributed by atoms with van der Waals surface area (Å²) in [5, 5.41) is 9.06. The molecule has 6 heteroatoms. The first-order chi connectivity index (χ1) is 12.0. The Labute approximate surface area is 152 Å². The quantitative estimate of drug-likeness (QED) is 0.541. The molecule has 0 spiro atoms. The smallest absolute Gasteiger partial charge is 0.268 e. The summed E-state index contributed by atoms with van der Waals surface area (Å²) in [4.78, 5) is 26.7. The van der Waals surface area contributed by atoms with Crippen LogP contribution in [0.1, 0.15) is 19.4 Å². The summed E-state index contributed by atoms with van der Waals surface area (Å²) in [6.07, 6.45) is 1.52. The van der Waals surface area contributed by atoms with Crippen LogP contribution in [-0.2, 0) is 9.59 Å². The van der Waals surface area contributed by atoms with E-state index in [1.807, 2.05) is 0 Å². The number of hydrogen-bond acceptors (Lipinski definition) is 5. The molecular formula is C19H23NO4S. The van der Waals surface area contributed by atoms with E-state index < -0.39 is 0 Å². The molecule has 25 heavy (non-hydrogen) atoms. The number of imide groups is 1. The maximum atomic E-state index is 12.7. The minimum absolute atomic E-state index is 0.0631. The molecule has 2 rings (SSSR count). The molecule has 134 valence electrons. The van der Waals surface area contributed by atoms with Crippen molar-refractivity contribution in [2.24, 2.45) is 5.92 Å². The van der Waals surface area contributed by atoms with E-state index in [1.165, 1.54) is 22.7 Å². The predicted octanol–water partition coefficient (Wildman–Crippen LogP) is 2.71. The van der Waals surface area contributed by atoms with Gasteiger partial charge in [0.1, 0.15) is 5.75 Å². The highest BCUT2D eigenvalue weighted by molar-refractivity contribution is 8.04. The predicted molar refractivity (Wildman–Crippen MR) is 100 cm³/mol. The van der Waals surface area contributed by atoms with Crippen LogP contribution in [0.4, 0.5) is 0 Å². The Hall–Kier alpha value is -2.05. The van der Waals surface area contributed by atoms with E-state index in [1.54, 1.807) is 24.3 Å². The minimum Gasteiger partial charge on any atom is -0.493 e. The van der Waals surface area contributed by atoms with Gasteiger partial charge in [-0.2, -0.15) is 0 Å². The lowest BCUT2D eigenvalue weighted by Gasteiger charge is -2.12. The number of nitrogens with zero attached hydrogens (tertiary/aromatic N) is 1. The van der Waals surface area contributed by atoms with E-state index >= 15 is 0 Å². The van der Waals surface area contributed by atoms with E-state index in [9.17, 15) is 9.59 Å². The standard InChI is InChI=1S/C19H23NO4S/c1-4-9-20-18(22)16(17(19(20)23)25-11-10-21)14-5-7-15(8-6-14)24-12-13(2)3/h4-8,13,21H,1,9-12H2,2-3H3. The Morgan fingerprint density at radius 2 is 1.92 bits per heavy atom. The van der Waals surface area contributed by atoms with Gasteiger partial charge in [-0.25, -0.2) is 0 Å². The second-order valence-electron chi connectivity index (χ2n) is 6.02. The molecule has 0 bridgehead atoms. The van der Waals surface area contributed by atoms with Crippen molar-refractivity contribution in [3.8, 4) is 5.75 Å². The third-order valence-corrected chi connectivity index (χ3v) is 4.56. The van der Waals surface area contributed by atoms with Crippen molar-refractivity contribution < 1.29 is 19.4 Å². The molecule has 0 radical (unpaired) electrons. The molecule has 0 fully saturated rings. The van der Waals surface area contributed by atoms with Crippen LogP contribution in [0, 0.1) is 5.92 Å². The Morgan fingerprint density at radius 3 is 2.48 bits per heavy atom. The summed E-state index contributed by atoms with van der Waals surface area (Å²) < 4.78 is 5.65. The summed E-state index contributed by atoms with van der Waals surface area (Å²) in [6, 6.07) is 7.17. The van der Waals surface area contributed by atoms with Gasteiger partial charge >= 0.3 is 0 Å². The van der Waals surface area contributed by atoms with E-state index in [0.717, 1.165) is 5.75 Å². The van der Waals surface area contributed by atoms with Crippen LogP contribution < -0.4 is 4.74 Å². The van der Waals surface area contributed by atoms with Gasteiger partial charge in [-0.3, -0.25) is 14.5 Å². The fourth-order valence-electron chi connectivity index (χ4n) is 2.37. The second kappa shape index (κ2) is 8.87. The van der Waals surface area contributed by atoms with Gasteiger partial charge < -0.3 is 9.84 Å². The van der Waals surface area contributed by atoms with Crippen LogP contribution >= 0.6 is 11.8 Å². The molecule has 0 atom stereocenters. The number of aliphatic hydroxyl groups is 1. The monoisotopic (exact) mass is 361 g/mol. The Kier molecular flexibility index (Phi) is 6.84. The number of carbonyl (C=O) groups excluding carboxylic acids is 2. The molecule has 0 unspecified atom stereocenters. The van der Waals surface area contributed by atoms with Crippen molar-refractivity contribution >= 4 is 29.1 Å². The lowest BCUT2D eigenvalue weighted by Crippen LogP contribution is -2.31. The first kappa shape index (κ1) is 19.3. The SMILES string of the molecule is C=CCN1C(=O)C(SCCO)=C(c2ccc(OCC(C)C)cc2)C1=O. The average molecular weight is 361 g/mol. The van der Waals surface area contributed by atoms with E-state index in [0.29, 0.717) is 34.3 Å². The highest BCUT2D eigenvalue weighted by Crippen LogP contribution is 2.36. The van der Waals surface area contributed by atoms with Crippen LogP contribution in [0.3, 0.4) is 0 Å². The summed E-state index contributed by atoms with van der Waals surface area (Å²) in [6.45, 7) is 8.46. The normalized spacial score (nSPS) is 14.6. The van der Waals surface area contributed by atoms with Gasteiger partial charge in [0.25, 0.3) is 11.8 Å². The van der Waals surface area contributed by atoms with Crippen molar-refractivity contribution in [1.29, 1.82) is 0 Å². The molecule has 0 aromatic heterocycles. The first-order valence-electron chi connectivity index (χ1n) is 8.17. The van der Waals surface area contributed by atoms with E-state index in [4.69, 9.17) is 9.84 Å². The number of hydrogen-bond donors (Lipinski definition) is 1. The summed E-state index contributed by atoms with van der Waals surface area (Å²) >= 11 is 1.20. The van der Waals surface area contributed by atoms with E-state index in [-0.39, 0.29) is 25.0 Å². The van der Waals surface area contributed by atoms with Gasteiger partial charge in [0, 0.05) is 12.3 Å². The van der Waals surface area contributed by atoms with Crippen molar-refractivity contribution in [2.45, 2.75) is 13.8 Å². The molecule has 1 aromatic carbocycles. The van der Waals surface area contributed by atoms with Crippen molar-refractivity contribution in [1.82, 2.24) is 4.90 Å². The molecule has 1 aromatic rings.